The molecule has 3 nitrogen and oxygen atoms in total. The van der Waals surface area contributed by atoms with Crippen molar-refractivity contribution in [3.63, 3.8) is 0 Å². The molecule has 1 heterocycles. The third-order valence-electron chi connectivity index (χ3n) is 2.84. The molecule has 0 saturated carbocycles. The Bertz CT molecular complexity index is 200. The first-order valence-corrected chi connectivity index (χ1v) is 4.76. The largest absolute Gasteiger partial charge is 0.481 e. The fourth-order valence-corrected chi connectivity index (χ4v) is 1.85. The molecule has 1 rings (SSSR count). The van der Waals surface area contributed by atoms with Crippen LogP contribution in [0.1, 0.15) is 25.7 Å². The van der Waals surface area contributed by atoms with Crippen molar-refractivity contribution in [2.24, 2.45) is 5.41 Å². The van der Waals surface area contributed by atoms with Gasteiger partial charge in [-0.05, 0) is 38.8 Å². The standard InChI is InChI=1S/C10H17NO2.ClH/c1-2-3-4-10(9(12)13)5-7-11-8-6-10;/h2,11H,1,3-8H2,(H,12,13);1H. The number of hydrogen-bond donors (Lipinski definition) is 2. The highest BCUT2D eigenvalue weighted by atomic mass is 35.5. The highest BCUT2D eigenvalue weighted by molar-refractivity contribution is 5.85. The molecular formula is C10H18ClNO2. The van der Waals surface area contributed by atoms with Gasteiger partial charge in [-0.1, -0.05) is 6.08 Å². The van der Waals surface area contributed by atoms with Crippen molar-refractivity contribution in [1.29, 1.82) is 0 Å². The smallest absolute Gasteiger partial charge is 0.309 e. The van der Waals surface area contributed by atoms with Gasteiger partial charge >= 0.3 is 5.97 Å². The van der Waals surface area contributed by atoms with Gasteiger partial charge in [-0.3, -0.25) is 4.79 Å². The molecule has 0 spiro atoms. The summed E-state index contributed by atoms with van der Waals surface area (Å²) in [5, 5.41) is 12.3. The monoisotopic (exact) mass is 219 g/mol. The lowest BCUT2D eigenvalue weighted by Gasteiger charge is -2.33. The van der Waals surface area contributed by atoms with E-state index in [9.17, 15) is 4.79 Å². The molecular weight excluding hydrogens is 202 g/mol. The molecule has 0 radical (unpaired) electrons. The van der Waals surface area contributed by atoms with Gasteiger partial charge < -0.3 is 10.4 Å². The predicted molar refractivity (Wildman–Crippen MR) is 58.9 cm³/mol. The van der Waals surface area contributed by atoms with Crippen LogP contribution < -0.4 is 5.32 Å². The second-order valence-electron chi connectivity index (χ2n) is 3.66. The maximum Gasteiger partial charge on any atom is 0.309 e. The quantitative estimate of drug-likeness (QED) is 0.710. The number of halogens is 1. The Balaban J connectivity index is 0.00000169. The first-order valence-electron chi connectivity index (χ1n) is 4.76. The third kappa shape index (κ3) is 3.00. The van der Waals surface area contributed by atoms with E-state index in [-0.39, 0.29) is 12.4 Å². The number of rotatable bonds is 4. The summed E-state index contributed by atoms with van der Waals surface area (Å²) >= 11 is 0. The minimum Gasteiger partial charge on any atom is -0.481 e. The molecule has 2 N–H and O–H groups in total. The van der Waals surface area contributed by atoms with Gasteiger partial charge in [0.2, 0.25) is 0 Å². The first kappa shape index (κ1) is 13.5. The summed E-state index contributed by atoms with van der Waals surface area (Å²) in [5.74, 6) is -0.643. The second kappa shape index (κ2) is 6.04. The lowest BCUT2D eigenvalue weighted by molar-refractivity contribution is -0.151. The van der Waals surface area contributed by atoms with Gasteiger partial charge in [0, 0.05) is 0 Å². The normalized spacial score (nSPS) is 19.4. The number of hydrogen-bond acceptors (Lipinski definition) is 2. The van der Waals surface area contributed by atoms with Crippen LogP contribution in [0.3, 0.4) is 0 Å². The van der Waals surface area contributed by atoms with Crippen molar-refractivity contribution >= 4 is 18.4 Å². The van der Waals surface area contributed by atoms with Crippen LogP contribution in [0.15, 0.2) is 12.7 Å². The lowest BCUT2D eigenvalue weighted by atomic mass is 9.75. The number of nitrogens with one attached hydrogen (secondary N) is 1. The molecule has 1 aliphatic rings. The van der Waals surface area contributed by atoms with Crippen molar-refractivity contribution in [3.8, 4) is 0 Å². The zero-order valence-electron chi connectivity index (χ0n) is 8.29. The van der Waals surface area contributed by atoms with Crippen molar-refractivity contribution in [1.82, 2.24) is 5.32 Å². The van der Waals surface area contributed by atoms with E-state index < -0.39 is 11.4 Å². The van der Waals surface area contributed by atoms with E-state index in [0.717, 1.165) is 38.8 Å². The molecule has 0 atom stereocenters. The lowest BCUT2D eigenvalue weighted by Crippen LogP contribution is -2.42. The second-order valence-corrected chi connectivity index (χ2v) is 3.66. The molecule has 0 unspecified atom stereocenters. The van der Waals surface area contributed by atoms with Gasteiger partial charge in [0.15, 0.2) is 0 Å². The van der Waals surface area contributed by atoms with E-state index in [4.69, 9.17) is 5.11 Å². The molecule has 82 valence electrons. The molecule has 0 aliphatic carbocycles. The maximum atomic E-state index is 11.1. The number of carboxylic acid groups (broad SMARTS) is 1. The molecule has 0 aromatic heterocycles. The van der Waals surface area contributed by atoms with Crippen LogP contribution in [-0.4, -0.2) is 24.2 Å². The fourth-order valence-electron chi connectivity index (χ4n) is 1.85. The topological polar surface area (TPSA) is 49.3 Å². The summed E-state index contributed by atoms with van der Waals surface area (Å²) in [4.78, 5) is 11.1. The van der Waals surface area contributed by atoms with Gasteiger partial charge in [0.1, 0.15) is 0 Å². The number of carbonyl (C=O) groups is 1. The highest BCUT2D eigenvalue weighted by Gasteiger charge is 2.38. The Kier molecular flexibility index (Phi) is 5.81. The molecule has 1 aliphatic heterocycles. The van der Waals surface area contributed by atoms with E-state index in [1.165, 1.54) is 0 Å². The van der Waals surface area contributed by atoms with Crippen molar-refractivity contribution in [2.75, 3.05) is 13.1 Å². The number of piperidine rings is 1. The maximum absolute atomic E-state index is 11.1. The molecule has 0 bridgehead atoms. The Labute approximate surface area is 91.0 Å². The average Bonchev–Trinajstić information content (AvgIpc) is 2.16. The number of carboxylic acids is 1. The van der Waals surface area contributed by atoms with E-state index >= 15 is 0 Å². The summed E-state index contributed by atoms with van der Waals surface area (Å²) in [5.41, 5.74) is -0.487. The number of allylic oxidation sites excluding steroid dienone is 1. The van der Waals surface area contributed by atoms with Crippen molar-refractivity contribution < 1.29 is 9.90 Å². The van der Waals surface area contributed by atoms with Crippen molar-refractivity contribution in [3.05, 3.63) is 12.7 Å². The van der Waals surface area contributed by atoms with Crippen LogP contribution in [0.4, 0.5) is 0 Å². The van der Waals surface area contributed by atoms with E-state index in [2.05, 4.69) is 11.9 Å². The Morgan fingerprint density at radius 2 is 2.07 bits per heavy atom. The van der Waals surface area contributed by atoms with Crippen LogP contribution in [0.2, 0.25) is 0 Å². The zero-order chi connectivity index (χ0) is 9.73. The van der Waals surface area contributed by atoms with Crippen molar-refractivity contribution in [2.45, 2.75) is 25.7 Å². The molecule has 14 heavy (non-hydrogen) atoms. The molecule has 0 aromatic carbocycles. The highest BCUT2D eigenvalue weighted by Crippen LogP contribution is 2.34. The minimum absolute atomic E-state index is 0. The molecule has 1 fully saturated rings. The van der Waals surface area contributed by atoms with Crippen LogP contribution in [0.5, 0.6) is 0 Å². The Morgan fingerprint density at radius 1 is 1.50 bits per heavy atom. The Morgan fingerprint density at radius 3 is 2.50 bits per heavy atom. The summed E-state index contributed by atoms with van der Waals surface area (Å²) in [6, 6.07) is 0. The summed E-state index contributed by atoms with van der Waals surface area (Å²) in [6.07, 6.45) is 4.82. The Hall–Kier alpha value is -0.540. The predicted octanol–water partition coefficient (Wildman–Crippen LogP) is 1.83. The van der Waals surface area contributed by atoms with Gasteiger partial charge in [-0.25, -0.2) is 0 Å². The SMILES string of the molecule is C=CCCC1(C(=O)O)CCNCC1.Cl. The molecule has 0 amide bonds. The summed E-state index contributed by atoms with van der Waals surface area (Å²) < 4.78 is 0. The van der Waals surface area contributed by atoms with E-state index in [1.807, 2.05) is 0 Å². The van der Waals surface area contributed by atoms with Gasteiger partial charge in [-0.15, -0.1) is 19.0 Å². The van der Waals surface area contributed by atoms with E-state index in [1.54, 1.807) is 6.08 Å². The zero-order valence-corrected chi connectivity index (χ0v) is 9.11. The third-order valence-corrected chi connectivity index (χ3v) is 2.84. The molecule has 1 saturated heterocycles. The fraction of sp³-hybridized carbons (Fsp3) is 0.700. The number of aliphatic carboxylic acids is 1. The first-order chi connectivity index (χ1) is 6.21. The van der Waals surface area contributed by atoms with Crippen LogP contribution in [0.25, 0.3) is 0 Å². The minimum atomic E-state index is -0.643. The summed E-state index contributed by atoms with van der Waals surface area (Å²) in [6.45, 7) is 5.27. The van der Waals surface area contributed by atoms with Gasteiger partial charge in [0.25, 0.3) is 0 Å². The molecule has 0 aromatic rings. The van der Waals surface area contributed by atoms with Crippen LogP contribution in [-0.2, 0) is 4.79 Å². The van der Waals surface area contributed by atoms with Crippen LogP contribution >= 0.6 is 12.4 Å². The summed E-state index contributed by atoms with van der Waals surface area (Å²) in [7, 11) is 0. The van der Waals surface area contributed by atoms with Crippen LogP contribution in [0, 0.1) is 5.41 Å². The van der Waals surface area contributed by atoms with Gasteiger partial charge in [0.05, 0.1) is 5.41 Å². The average molecular weight is 220 g/mol. The molecule has 4 heteroatoms. The van der Waals surface area contributed by atoms with Gasteiger partial charge in [-0.2, -0.15) is 0 Å². The van der Waals surface area contributed by atoms with E-state index in [0.29, 0.717) is 0 Å².